The number of halogens is 1. The van der Waals surface area contributed by atoms with Crippen LogP contribution in [0.4, 0.5) is 5.13 Å². The Bertz CT molecular complexity index is 1440. The zero-order chi connectivity index (χ0) is 22.6. The van der Waals surface area contributed by atoms with E-state index in [1.54, 1.807) is 4.90 Å². The number of hydrogen-bond acceptors (Lipinski definition) is 6. The first-order chi connectivity index (χ1) is 15.4. The molecule has 1 aliphatic heterocycles. The highest BCUT2D eigenvalue weighted by Gasteiger charge is 2.45. The molecule has 32 heavy (non-hydrogen) atoms. The second-order valence-electron chi connectivity index (χ2n) is 7.97. The summed E-state index contributed by atoms with van der Waals surface area (Å²) in [6, 6.07) is 10.6. The van der Waals surface area contributed by atoms with Crippen molar-refractivity contribution < 1.29 is 9.21 Å². The molecule has 8 heteroatoms. The monoisotopic (exact) mass is 509 g/mol. The van der Waals surface area contributed by atoms with Crippen molar-refractivity contribution in [2.24, 2.45) is 0 Å². The summed E-state index contributed by atoms with van der Waals surface area (Å²) in [5.74, 6) is -0.302. The Morgan fingerprint density at radius 1 is 1.12 bits per heavy atom. The number of fused-ring (bicyclic) bond motifs is 2. The van der Waals surface area contributed by atoms with Crippen LogP contribution in [0.25, 0.3) is 11.0 Å². The zero-order valence-corrected chi connectivity index (χ0v) is 20.2. The molecule has 4 aromatic rings. The van der Waals surface area contributed by atoms with Crippen LogP contribution in [0.1, 0.15) is 57.2 Å². The van der Waals surface area contributed by atoms with Gasteiger partial charge >= 0.3 is 0 Å². The van der Waals surface area contributed by atoms with Crippen molar-refractivity contribution in [1.29, 1.82) is 0 Å². The topological polar surface area (TPSA) is 76.3 Å². The molecule has 0 spiro atoms. The van der Waals surface area contributed by atoms with Gasteiger partial charge in [0.15, 0.2) is 5.43 Å². The number of carbonyl (C=O) groups is 1. The predicted octanol–water partition coefficient (Wildman–Crippen LogP) is 5.73. The summed E-state index contributed by atoms with van der Waals surface area (Å²) in [7, 11) is 0. The standard InChI is InChI=1S/C24H20BrN3O3S/c1-4-6-18-26-27-24(32-18)28-20(14-7-5-8-15(25)11-14)19-21(29)16-9-12(2)13(3)10-17(16)31-22(19)23(28)30/h5,7-11,20H,4,6H2,1-3H3. The van der Waals surface area contributed by atoms with Crippen LogP contribution in [0.2, 0.25) is 0 Å². The summed E-state index contributed by atoms with van der Waals surface area (Å²) < 4.78 is 6.93. The van der Waals surface area contributed by atoms with Crippen LogP contribution in [-0.2, 0) is 6.42 Å². The SMILES string of the molecule is CCCc1nnc(N2C(=O)c3oc4cc(C)c(C)cc4c(=O)c3C2c2cccc(Br)c2)s1. The first-order valence-electron chi connectivity index (χ1n) is 10.4. The van der Waals surface area contributed by atoms with E-state index in [1.807, 2.05) is 50.2 Å². The molecule has 1 unspecified atom stereocenters. The average molecular weight is 510 g/mol. The van der Waals surface area contributed by atoms with Crippen molar-refractivity contribution in [2.75, 3.05) is 4.90 Å². The molecule has 162 valence electrons. The summed E-state index contributed by atoms with van der Waals surface area (Å²) in [5.41, 5.74) is 3.37. The quantitative estimate of drug-likeness (QED) is 0.351. The maximum atomic E-state index is 13.7. The molecule has 0 fully saturated rings. The Morgan fingerprint density at radius 2 is 1.91 bits per heavy atom. The molecule has 0 N–H and O–H groups in total. The molecule has 0 saturated heterocycles. The number of rotatable bonds is 4. The van der Waals surface area contributed by atoms with Gasteiger partial charge in [-0.25, -0.2) is 0 Å². The van der Waals surface area contributed by atoms with Crippen molar-refractivity contribution >= 4 is 49.3 Å². The number of amides is 1. The van der Waals surface area contributed by atoms with Crippen LogP contribution in [-0.4, -0.2) is 16.1 Å². The summed E-state index contributed by atoms with van der Waals surface area (Å²) in [5, 5.41) is 10.3. The van der Waals surface area contributed by atoms with Crippen LogP contribution >= 0.6 is 27.3 Å². The van der Waals surface area contributed by atoms with Gasteiger partial charge in [-0.05, 0) is 61.2 Å². The predicted molar refractivity (Wildman–Crippen MR) is 129 cm³/mol. The Labute approximate surface area is 197 Å². The fraction of sp³-hybridized carbons (Fsp3) is 0.250. The molecule has 1 aliphatic rings. The van der Waals surface area contributed by atoms with Crippen LogP contribution < -0.4 is 10.3 Å². The van der Waals surface area contributed by atoms with E-state index >= 15 is 0 Å². The number of hydrogen-bond donors (Lipinski definition) is 0. The summed E-state index contributed by atoms with van der Waals surface area (Å²) in [4.78, 5) is 28.8. The number of benzene rings is 2. The number of aromatic nitrogens is 2. The van der Waals surface area contributed by atoms with Gasteiger partial charge < -0.3 is 4.42 Å². The summed E-state index contributed by atoms with van der Waals surface area (Å²) in [6.45, 7) is 5.98. The minimum Gasteiger partial charge on any atom is -0.450 e. The number of nitrogens with zero attached hydrogens (tertiary/aromatic N) is 3. The van der Waals surface area contributed by atoms with Gasteiger partial charge in [-0.3, -0.25) is 14.5 Å². The normalized spacial score (nSPS) is 15.6. The zero-order valence-electron chi connectivity index (χ0n) is 17.8. The van der Waals surface area contributed by atoms with E-state index in [-0.39, 0.29) is 17.1 Å². The van der Waals surface area contributed by atoms with Gasteiger partial charge in [-0.1, -0.05) is 46.3 Å². The number of anilines is 1. The molecule has 2 aromatic heterocycles. The summed E-state index contributed by atoms with van der Waals surface area (Å²) >= 11 is 4.88. The van der Waals surface area contributed by atoms with Crippen LogP contribution in [0.15, 0.2) is 50.1 Å². The van der Waals surface area contributed by atoms with E-state index in [0.717, 1.165) is 39.0 Å². The summed E-state index contributed by atoms with van der Waals surface area (Å²) in [6.07, 6.45) is 1.72. The molecular weight excluding hydrogens is 490 g/mol. The molecule has 1 atom stereocenters. The lowest BCUT2D eigenvalue weighted by Crippen LogP contribution is -2.29. The molecule has 0 saturated carbocycles. The minimum absolute atomic E-state index is 0.0722. The molecular formula is C24H20BrN3O3S. The fourth-order valence-electron chi connectivity index (χ4n) is 4.07. The van der Waals surface area contributed by atoms with Gasteiger partial charge in [-0.2, -0.15) is 0 Å². The van der Waals surface area contributed by atoms with Gasteiger partial charge in [-0.15, -0.1) is 10.2 Å². The minimum atomic E-state index is -0.639. The van der Waals surface area contributed by atoms with E-state index in [2.05, 4.69) is 33.1 Å². The lowest BCUT2D eigenvalue weighted by Gasteiger charge is -2.22. The van der Waals surface area contributed by atoms with E-state index in [1.165, 1.54) is 11.3 Å². The molecule has 0 aliphatic carbocycles. The van der Waals surface area contributed by atoms with Crippen molar-refractivity contribution in [3.63, 3.8) is 0 Å². The largest absolute Gasteiger partial charge is 0.450 e. The Morgan fingerprint density at radius 3 is 2.66 bits per heavy atom. The molecule has 3 heterocycles. The van der Waals surface area contributed by atoms with Crippen LogP contribution in [0, 0.1) is 13.8 Å². The molecule has 2 aromatic carbocycles. The van der Waals surface area contributed by atoms with Crippen molar-refractivity contribution in [3.8, 4) is 0 Å². The van der Waals surface area contributed by atoms with Crippen LogP contribution in [0.5, 0.6) is 0 Å². The number of carbonyl (C=O) groups excluding carboxylic acids is 1. The van der Waals surface area contributed by atoms with Crippen molar-refractivity contribution in [2.45, 2.75) is 39.7 Å². The van der Waals surface area contributed by atoms with Gasteiger partial charge in [0.25, 0.3) is 5.91 Å². The Balaban J connectivity index is 1.79. The van der Waals surface area contributed by atoms with Crippen molar-refractivity contribution in [3.05, 3.63) is 84.1 Å². The van der Waals surface area contributed by atoms with E-state index < -0.39 is 6.04 Å². The molecule has 0 radical (unpaired) electrons. The third-order valence-corrected chi connectivity index (χ3v) is 7.25. The smallest absolute Gasteiger partial charge is 0.297 e. The third kappa shape index (κ3) is 3.29. The molecule has 6 nitrogen and oxygen atoms in total. The number of aryl methyl sites for hydroxylation is 3. The maximum absolute atomic E-state index is 13.7. The second-order valence-corrected chi connectivity index (χ2v) is 9.92. The highest BCUT2D eigenvalue weighted by atomic mass is 79.9. The van der Waals surface area contributed by atoms with Gasteiger partial charge in [0.05, 0.1) is 17.0 Å². The van der Waals surface area contributed by atoms with Gasteiger partial charge in [0.2, 0.25) is 10.9 Å². The Kier molecular flexibility index (Phi) is 5.22. The molecule has 1 amide bonds. The average Bonchev–Trinajstić information content (AvgIpc) is 3.33. The first kappa shape index (κ1) is 21.0. The van der Waals surface area contributed by atoms with Gasteiger partial charge in [0.1, 0.15) is 10.6 Å². The highest BCUT2D eigenvalue weighted by molar-refractivity contribution is 9.10. The van der Waals surface area contributed by atoms with E-state index in [4.69, 9.17) is 4.42 Å². The van der Waals surface area contributed by atoms with Gasteiger partial charge in [0, 0.05) is 10.9 Å². The first-order valence-corrected chi connectivity index (χ1v) is 12.0. The molecule has 0 bridgehead atoms. The van der Waals surface area contributed by atoms with Crippen molar-refractivity contribution in [1.82, 2.24) is 10.2 Å². The van der Waals surface area contributed by atoms with E-state index in [9.17, 15) is 9.59 Å². The Hall–Kier alpha value is -2.84. The lowest BCUT2D eigenvalue weighted by atomic mass is 9.98. The highest BCUT2D eigenvalue weighted by Crippen LogP contribution is 2.42. The molecule has 5 rings (SSSR count). The second kappa shape index (κ2) is 7.94. The third-order valence-electron chi connectivity index (χ3n) is 5.78. The fourth-order valence-corrected chi connectivity index (χ4v) is 5.46. The van der Waals surface area contributed by atoms with Crippen LogP contribution in [0.3, 0.4) is 0 Å². The van der Waals surface area contributed by atoms with E-state index in [0.29, 0.717) is 21.7 Å². The maximum Gasteiger partial charge on any atom is 0.297 e. The lowest BCUT2D eigenvalue weighted by molar-refractivity contribution is 0.0970.